The largest absolute Gasteiger partial charge is 0.450 e. The first-order chi connectivity index (χ1) is 6.19. The molecule has 76 valence electrons. The van der Waals surface area contributed by atoms with Crippen molar-refractivity contribution >= 4 is 6.09 Å². The molecular weight excluding hydrogens is 175 g/mol. The molecule has 1 saturated heterocycles. The Balaban J connectivity index is 2.43. The second-order valence-corrected chi connectivity index (χ2v) is 3.12. The van der Waals surface area contributed by atoms with Crippen LogP contribution in [0.2, 0.25) is 0 Å². The number of alkyl halides is 1. The summed E-state index contributed by atoms with van der Waals surface area (Å²) in [5.74, 6) is -0.232. The summed E-state index contributed by atoms with van der Waals surface area (Å²) in [5, 5.41) is 0. The van der Waals surface area contributed by atoms with E-state index < -0.39 is 12.3 Å². The van der Waals surface area contributed by atoms with Crippen molar-refractivity contribution in [2.75, 3.05) is 26.2 Å². The Morgan fingerprint density at radius 1 is 1.69 bits per heavy atom. The van der Waals surface area contributed by atoms with Gasteiger partial charge < -0.3 is 15.4 Å². The van der Waals surface area contributed by atoms with E-state index in [0.717, 1.165) is 0 Å². The van der Waals surface area contributed by atoms with E-state index in [4.69, 9.17) is 10.5 Å². The van der Waals surface area contributed by atoms with Gasteiger partial charge in [-0.25, -0.2) is 9.18 Å². The number of rotatable bonds is 2. The van der Waals surface area contributed by atoms with Gasteiger partial charge in [-0.1, -0.05) is 0 Å². The van der Waals surface area contributed by atoms with E-state index in [1.807, 2.05) is 0 Å². The predicted octanol–water partition coefficient (Wildman–Crippen LogP) is 0.372. The Bertz CT molecular complexity index is 189. The average Bonchev–Trinajstić information content (AvgIpc) is 2.47. The molecule has 2 N–H and O–H groups in total. The summed E-state index contributed by atoms with van der Waals surface area (Å²) >= 11 is 0. The van der Waals surface area contributed by atoms with Crippen molar-refractivity contribution in [3.05, 3.63) is 0 Å². The normalized spacial score (nSPS) is 27.8. The molecule has 4 nitrogen and oxygen atoms in total. The number of amides is 1. The topological polar surface area (TPSA) is 55.6 Å². The lowest BCUT2D eigenvalue weighted by atomic mass is 10.1. The Labute approximate surface area is 76.8 Å². The van der Waals surface area contributed by atoms with Crippen LogP contribution in [0.1, 0.15) is 6.92 Å². The fraction of sp³-hybridized carbons (Fsp3) is 0.875. The smallest absolute Gasteiger partial charge is 0.409 e. The van der Waals surface area contributed by atoms with Gasteiger partial charge in [0.1, 0.15) is 6.17 Å². The zero-order chi connectivity index (χ0) is 9.84. The molecule has 1 aliphatic rings. The van der Waals surface area contributed by atoms with Crippen molar-refractivity contribution in [2.45, 2.75) is 13.1 Å². The quantitative estimate of drug-likeness (QED) is 0.684. The first-order valence-electron chi connectivity index (χ1n) is 4.44. The van der Waals surface area contributed by atoms with Gasteiger partial charge in [0, 0.05) is 12.5 Å². The highest BCUT2D eigenvalue weighted by Gasteiger charge is 2.34. The fourth-order valence-electron chi connectivity index (χ4n) is 1.42. The first-order valence-corrected chi connectivity index (χ1v) is 4.44. The molecule has 0 aliphatic carbocycles. The average molecular weight is 190 g/mol. The van der Waals surface area contributed by atoms with Crippen molar-refractivity contribution in [2.24, 2.45) is 11.7 Å². The van der Waals surface area contributed by atoms with Gasteiger partial charge in [-0.2, -0.15) is 0 Å². The molecule has 0 radical (unpaired) electrons. The molecular formula is C8H15FN2O2. The maximum Gasteiger partial charge on any atom is 0.409 e. The maximum absolute atomic E-state index is 13.1. The van der Waals surface area contributed by atoms with Crippen LogP contribution in [0.4, 0.5) is 9.18 Å². The molecule has 0 aromatic heterocycles. The van der Waals surface area contributed by atoms with Gasteiger partial charge in [-0.05, 0) is 13.5 Å². The van der Waals surface area contributed by atoms with Crippen LogP contribution in [0.5, 0.6) is 0 Å². The number of ether oxygens (including phenoxy) is 1. The highest BCUT2D eigenvalue weighted by Crippen LogP contribution is 2.19. The summed E-state index contributed by atoms with van der Waals surface area (Å²) in [6.45, 7) is 2.80. The minimum Gasteiger partial charge on any atom is -0.450 e. The molecule has 0 saturated carbocycles. The Kier molecular flexibility index (Phi) is 3.48. The number of hydrogen-bond acceptors (Lipinski definition) is 3. The lowest BCUT2D eigenvalue weighted by Gasteiger charge is -2.14. The molecule has 1 amide bonds. The van der Waals surface area contributed by atoms with Crippen molar-refractivity contribution in [3.8, 4) is 0 Å². The molecule has 1 heterocycles. The van der Waals surface area contributed by atoms with Crippen molar-refractivity contribution < 1.29 is 13.9 Å². The SMILES string of the molecule is CCOC(=O)N1CC(F)C(CN)C1. The second-order valence-electron chi connectivity index (χ2n) is 3.12. The van der Waals surface area contributed by atoms with Gasteiger partial charge in [0.25, 0.3) is 0 Å². The van der Waals surface area contributed by atoms with Crippen LogP contribution < -0.4 is 5.73 Å². The molecule has 5 heteroatoms. The van der Waals surface area contributed by atoms with Crippen LogP contribution >= 0.6 is 0 Å². The maximum atomic E-state index is 13.1. The molecule has 0 spiro atoms. The number of carbonyl (C=O) groups is 1. The molecule has 2 atom stereocenters. The fourth-order valence-corrected chi connectivity index (χ4v) is 1.42. The summed E-state index contributed by atoms with van der Waals surface area (Å²) in [5.41, 5.74) is 5.34. The summed E-state index contributed by atoms with van der Waals surface area (Å²) < 4.78 is 17.9. The predicted molar refractivity (Wildman–Crippen MR) is 46.0 cm³/mol. The highest BCUT2D eigenvalue weighted by atomic mass is 19.1. The lowest BCUT2D eigenvalue weighted by molar-refractivity contribution is 0.113. The van der Waals surface area contributed by atoms with E-state index in [1.54, 1.807) is 6.92 Å². The number of carbonyl (C=O) groups excluding carboxylic acids is 1. The van der Waals surface area contributed by atoms with Gasteiger partial charge in [0.05, 0.1) is 13.2 Å². The Hall–Kier alpha value is -0.840. The zero-order valence-electron chi connectivity index (χ0n) is 7.70. The molecule has 1 rings (SSSR count). The van der Waals surface area contributed by atoms with E-state index in [-0.39, 0.29) is 19.0 Å². The van der Waals surface area contributed by atoms with Crippen molar-refractivity contribution in [3.63, 3.8) is 0 Å². The van der Waals surface area contributed by atoms with E-state index in [9.17, 15) is 9.18 Å². The van der Waals surface area contributed by atoms with Gasteiger partial charge in [0.15, 0.2) is 0 Å². The number of nitrogens with zero attached hydrogens (tertiary/aromatic N) is 1. The van der Waals surface area contributed by atoms with E-state index in [2.05, 4.69) is 0 Å². The summed E-state index contributed by atoms with van der Waals surface area (Å²) in [7, 11) is 0. The summed E-state index contributed by atoms with van der Waals surface area (Å²) in [6, 6.07) is 0. The molecule has 0 bridgehead atoms. The molecule has 1 aliphatic heterocycles. The van der Waals surface area contributed by atoms with Gasteiger partial charge in [0.2, 0.25) is 0 Å². The zero-order valence-corrected chi connectivity index (χ0v) is 7.70. The van der Waals surface area contributed by atoms with Crippen LogP contribution in [-0.2, 0) is 4.74 Å². The number of likely N-dealkylation sites (tertiary alicyclic amines) is 1. The Morgan fingerprint density at radius 2 is 2.38 bits per heavy atom. The minimum atomic E-state index is -1.01. The number of hydrogen-bond donors (Lipinski definition) is 1. The van der Waals surface area contributed by atoms with Crippen LogP contribution in [-0.4, -0.2) is 43.4 Å². The van der Waals surface area contributed by atoms with Gasteiger partial charge >= 0.3 is 6.09 Å². The third-order valence-electron chi connectivity index (χ3n) is 2.19. The lowest BCUT2D eigenvalue weighted by Crippen LogP contribution is -2.30. The minimum absolute atomic E-state index is 0.112. The third kappa shape index (κ3) is 2.30. The van der Waals surface area contributed by atoms with Crippen LogP contribution in [0.15, 0.2) is 0 Å². The van der Waals surface area contributed by atoms with E-state index >= 15 is 0 Å². The van der Waals surface area contributed by atoms with Crippen LogP contribution in [0.25, 0.3) is 0 Å². The standard InChI is InChI=1S/C8H15FN2O2/c1-2-13-8(12)11-4-6(3-10)7(9)5-11/h6-7H,2-5,10H2,1H3. The van der Waals surface area contributed by atoms with Gasteiger partial charge in [-0.3, -0.25) is 0 Å². The summed E-state index contributed by atoms with van der Waals surface area (Å²) in [4.78, 5) is 12.5. The first kappa shape index (κ1) is 10.2. The Morgan fingerprint density at radius 3 is 2.85 bits per heavy atom. The molecule has 1 fully saturated rings. The third-order valence-corrected chi connectivity index (χ3v) is 2.19. The molecule has 13 heavy (non-hydrogen) atoms. The van der Waals surface area contributed by atoms with Crippen molar-refractivity contribution in [1.29, 1.82) is 0 Å². The molecule has 0 aromatic rings. The summed E-state index contributed by atoms with van der Waals surface area (Å²) in [6.07, 6.45) is -1.45. The number of halogens is 1. The molecule has 2 unspecified atom stereocenters. The van der Waals surface area contributed by atoms with E-state index in [0.29, 0.717) is 13.2 Å². The van der Waals surface area contributed by atoms with Crippen molar-refractivity contribution in [1.82, 2.24) is 4.90 Å². The van der Waals surface area contributed by atoms with Crippen LogP contribution in [0, 0.1) is 5.92 Å². The van der Waals surface area contributed by atoms with Gasteiger partial charge in [-0.15, -0.1) is 0 Å². The number of nitrogens with two attached hydrogens (primary N) is 1. The highest BCUT2D eigenvalue weighted by molar-refractivity contribution is 5.68. The molecule has 0 aromatic carbocycles. The van der Waals surface area contributed by atoms with Crippen LogP contribution in [0.3, 0.4) is 0 Å². The monoisotopic (exact) mass is 190 g/mol. The second kappa shape index (κ2) is 4.41. The van der Waals surface area contributed by atoms with E-state index in [1.165, 1.54) is 4.90 Å².